The van der Waals surface area contributed by atoms with E-state index in [0.29, 0.717) is 16.7 Å². The molecule has 18 heteroatoms. The number of rotatable bonds is 9. The van der Waals surface area contributed by atoms with Crippen LogP contribution in [0.5, 0.6) is 0 Å². The number of nitrogens with two attached hydrogens (primary N) is 1. The van der Waals surface area contributed by atoms with Crippen molar-refractivity contribution in [2.75, 3.05) is 12.3 Å². The van der Waals surface area contributed by atoms with E-state index in [4.69, 9.17) is 24.7 Å². The molecule has 2 aliphatic heterocycles. The fourth-order valence-electron chi connectivity index (χ4n) is 5.71. The first kappa shape index (κ1) is 32.6. The molecule has 6 rings (SSSR count). The molecule has 0 saturated carbocycles. The Kier molecular flexibility index (Phi) is 8.33. The molecule has 6 N–H and O–H groups in total. The molecule has 2 fully saturated rings. The molecule has 5 heterocycles. The van der Waals surface area contributed by atoms with Gasteiger partial charge in [0.1, 0.15) is 41.8 Å². The van der Waals surface area contributed by atoms with Crippen LogP contribution in [0.1, 0.15) is 46.4 Å². The lowest BCUT2D eigenvalue weighted by Gasteiger charge is -2.25. The number of ether oxygens (including phenoxy) is 4. The molecule has 1 aromatic carbocycles. The number of fused-ring (bicyclic) bond motifs is 3. The molecule has 2 aliphatic rings. The first-order chi connectivity index (χ1) is 22.1. The SMILES string of the molecule is CC(C)(C)OC(=O)N[C@@H](Cc1c[nH]c2ccccc12)C(=O)NS(=O)(=O)NC[C@H]1O[C@@H](n2cnc3c(N)ncnc32)[C@@H]2OC(C)(C)O[C@@H]21. The highest BCUT2D eigenvalue weighted by Gasteiger charge is 2.56. The second kappa shape index (κ2) is 12.0. The van der Waals surface area contributed by atoms with Crippen LogP contribution in [0.2, 0.25) is 0 Å². The highest BCUT2D eigenvalue weighted by molar-refractivity contribution is 7.88. The fourth-order valence-corrected chi connectivity index (χ4v) is 6.58. The molecule has 0 radical (unpaired) electrons. The number of aromatic amines is 1. The molecule has 5 atom stereocenters. The summed E-state index contributed by atoms with van der Waals surface area (Å²) >= 11 is 0. The van der Waals surface area contributed by atoms with Gasteiger partial charge in [-0.25, -0.2) is 24.5 Å². The number of hydrogen-bond donors (Lipinski definition) is 5. The van der Waals surface area contributed by atoms with E-state index in [1.807, 2.05) is 29.0 Å². The number of nitrogens with zero attached hydrogens (tertiary/aromatic N) is 4. The first-order valence-corrected chi connectivity index (χ1v) is 16.4. The Hall–Kier alpha value is -4.36. The zero-order valence-electron chi connectivity index (χ0n) is 26.4. The zero-order chi connectivity index (χ0) is 33.7. The number of benzene rings is 1. The minimum atomic E-state index is -4.46. The normalized spacial score (nSPS) is 23.1. The van der Waals surface area contributed by atoms with E-state index in [-0.39, 0.29) is 18.8 Å². The number of H-pyrrole nitrogens is 1. The van der Waals surface area contributed by atoms with Gasteiger partial charge in [-0.15, -0.1) is 0 Å². The average molecular weight is 672 g/mol. The minimum Gasteiger partial charge on any atom is -0.444 e. The third kappa shape index (κ3) is 7.01. The second-order valence-electron chi connectivity index (χ2n) is 12.8. The Labute approximate surface area is 270 Å². The van der Waals surface area contributed by atoms with Gasteiger partial charge in [0, 0.05) is 30.1 Å². The highest BCUT2D eigenvalue weighted by atomic mass is 32.2. The van der Waals surface area contributed by atoms with Gasteiger partial charge in [-0.1, -0.05) is 18.2 Å². The van der Waals surface area contributed by atoms with Crippen molar-refractivity contribution < 1.29 is 37.0 Å². The van der Waals surface area contributed by atoms with E-state index in [1.54, 1.807) is 45.4 Å². The summed E-state index contributed by atoms with van der Waals surface area (Å²) in [7, 11) is -4.46. The van der Waals surface area contributed by atoms with Gasteiger partial charge in [0.15, 0.2) is 23.5 Å². The van der Waals surface area contributed by atoms with Crippen molar-refractivity contribution in [3.05, 3.63) is 48.7 Å². The summed E-state index contributed by atoms with van der Waals surface area (Å²) in [6, 6.07) is 6.11. The predicted molar refractivity (Wildman–Crippen MR) is 168 cm³/mol. The summed E-state index contributed by atoms with van der Waals surface area (Å²) < 4.78 is 56.2. The van der Waals surface area contributed by atoms with Crippen molar-refractivity contribution in [3.8, 4) is 0 Å². The van der Waals surface area contributed by atoms with Crippen molar-refractivity contribution in [2.24, 2.45) is 0 Å². The van der Waals surface area contributed by atoms with E-state index in [0.717, 1.165) is 10.9 Å². The standard InChI is InChI=1S/C29H37N9O8S/c1-28(2,3)46-27(40)36-18(10-15-11-31-17-9-7-6-8-16(15)17)25(39)37-47(41,42)35-12-19-21-22(45-29(4,5)44-21)26(43-19)38-14-34-20-23(30)32-13-33-24(20)38/h6-9,11,13-14,18-19,21-22,26,31,35H,10,12H2,1-5H3,(H,36,40)(H,37,39)(H2,30,32,33)/t18-,19+,21+,22+,26+/m0/s1. The molecule has 252 valence electrons. The second-order valence-corrected chi connectivity index (χ2v) is 14.3. The third-order valence-electron chi connectivity index (χ3n) is 7.60. The van der Waals surface area contributed by atoms with Crippen LogP contribution in [0.15, 0.2) is 43.1 Å². The number of alkyl carbamates (subject to hydrolysis) is 1. The maximum Gasteiger partial charge on any atom is 0.408 e. The van der Waals surface area contributed by atoms with E-state index in [1.165, 1.54) is 12.7 Å². The summed E-state index contributed by atoms with van der Waals surface area (Å²) in [4.78, 5) is 41.7. The van der Waals surface area contributed by atoms with Crippen molar-refractivity contribution >= 4 is 50.1 Å². The van der Waals surface area contributed by atoms with Crippen LogP contribution < -0.4 is 20.5 Å². The van der Waals surface area contributed by atoms with Gasteiger partial charge < -0.3 is 35.0 Å². The molecular weight excluding hydrogens is 634 g/mol. The summed E-state index contributed by atoms with van der Waals surface area (Å²) in [5, 5.41) is 3.33. The smallest absolute Gasteiger partial charge is 0.408 e. The molecule has 4 aromatic rings. The Morgan fingerprint density at radius 2 is 1.89 bits per heavy atom. The number of para-hydroxylation sites is 1. The number of carbonyl (C=O) groups is 2. The van der Waals surface area contributed by atoms with Crippen LogP contribution in [-0.4, -0.2) is 87.2 Å². The van der Waals surface area contributed by atoms with Crippen LogP contribution >= 0.6 is 0 Å². The molecule has 2 amide bonds. The Morgan fingerprint density at radius 3 is 2.66 bits per heavy atom. The van der Waals surface area contributed by atoms with Gasteiger partial charge in [-0.2, -0.15) is 13.1 Å². The number of nitrogens with one attached hydrogen (secondary N) is 4. The Balaban J connectivity index is 1.17. The molecule has 0 bridgehead atoms. The maximum absolute atomic E-state index is 13.4. The van der Waals surface area contributed by atoms with Gasteiger partial charge >= 0.3 is 16.3 Å². The maximum atomic E-state index is 13.4. The molecular formula is C29H37N9O8S. The number of hydrogen-bond acceptors (Lipinski definition) is 12. The lowest BCUT2D eigenvalue weighted by Crippen LogP contribution is -2.53. The fraction of sp³-hybridized carbons (Fsp3) is 0.483. The van der Waals surface area contributed by atoms with Crippen molar-refractivity contribution in [1.29, 1.82) is 0 Å². The van der Waals surface area contributed by atoms with E-state index in [9.17, 15) is 18.0 Å². The van der Waals surface area contributed by atoms with Crippen LogP contribution in [0.3, 0.4) is 0 Å². The summed E-state index contributed by atoms with van der Waals surface area (Å²) in [5.74, 6) is -1.77. The lowest BCUT2D eigenvalue weighted by atomic mass is 10.0. The zero-order valence-corrected chi connectivity index (χ0v) is 27.2. The number of aromatic nitrogens is 5. The largest absolute Gasteiger partial charge is 0.444 e. The van der Waals surface area contributed by atoms with E-state index >= 15 is 0 Å². The monoisotopic (exact) mass is 671 g/mol. The average Bonchev–Trinajstić information content (AvgIpc) is 3.73. The van der Waals surface area contributed by atoms with Crippen LogP contribution in [0.4, 0.5) is 10.6 Å². The van der Waals surface area contributed by atoms with Gasteiger partial charge in [-0.3, -0.25) is 9.36 Å². The quantitative estimate of drug-likeness (QED) is 0.170. The number of nitrogen functional groups attached to an aromatic ring is 1. The van der Waals surface area contributed by atoms with Gasteiger partial charge in [0.2, 0.25) is 0 Å². The van der Waals surface area contributed by atoms with Crippen molar-refractivity contribution in [3.63, 3.8) is 0 Å². The summed E-state index contributed by atoms with van der Waals surface area (Å²) in [6.07, 6.45) is 0.637. The molecule has 47 heavy (non-hydrogen) atoms. The predicted octanol–water partition coefficient (Wildman–Crippen LogP) is 1.39. The minimum absolute atomic E-state index is 0.0189. The van der Waals surface area contributed by atoms with Gasteiger partial charge in [-0.05, 0) is 46.2 Å². The molecule has 17 nitrogen and oxygen atoms in total. The van der Waals surface area contributed by atoms with Crippen molar-refractivity contribution in [2.45, 2.75) is 83.0 Å². The molecule has 0 unspecified atom stereocenters. The number of amides is 2. The summed E-state index contributed by atoms with van der Waals surface area (Å²) in [5.41, 5.74) is 7.40. The lowest BCUT2D eigenvalue weighted by molar-refractivity contribution is -0.195. The van der Waals surface area contributed by atoms with Crippen LogP contribution in [0.25, 0.3) is 22.1 Å². The molecule has 0 spiro atoms. The van der Waals surface area contributed by atoms with Gasteiger partial charge in [0.05, 0.1) is 6.33 Å². The number of carbonyl (C=O) groups excluding carboxylic acids is 2. The van der Waals surface area contributed by atoms with E-state index < -0.39 is 64.2 Å². The van der Waals surface area contributed by atoms with Gasteiger partial charge in [0.25, 0.3) is 5.91 Å². The first-order valence-electron chi connectivity index (χ1n) is 14.9. The Bertz CT molecular complexity index is 1920. The van der Waals surface area contributed by atoms with E-state index in [2.05, 4.69) is 30.0 Å². The van der Waals surface area contributed by atoms with Crippen molar-refractivity contribution in [1.82, 2.24) is 39.3 Å². The summed E-state index contributed by atoms with van der Waals surface area (Å²) in [6.45, 7) is 8.22. The number of imidazole rings is 1. The molecule has 2 saturated heterocycles. The molecule has 3 aromatic heterocycles. The molecule has 0 aliphatic carbocycles. The number of anilines is 1. The Morgan fingerprint density at radius 1 is 1.15 bits per heavy atom. The highest BCUT2D eigenvalue weighted by Crippen LogP contribution is 2.43. The van der Waals surface area contributed by atoms with Crippen LogP contribution in [-0.2, 0) is 40.4 Å². The topological polar surface area (TPSA) is 227 Å². The third-order valence-corrected chi connectivity index (χ3v) is 8.62. The van der Waals surface area contributed by atoms with Crippen LogP contribution in [0, 0.1) is 0 Å².